The summed E-state index contributed by atoms with van der Waals surface area (Å²) in [6.07, 6.45) is 6.98. The average Bonchev–Trinajstić information content (AvgIpc) is 3.52. The van der Waals surface area contributed by atoms with Crippen LogP contribution in [-0.2, 0) is 10.2 Å². The Kier molecular flexibility index (Phi) is 6.08. The summed E-state index contributed by atoms with van der Waals surface area (Å²) in [5.41, 5.74) is 2.34. The second-order valence-corrected chi connectivity index (χ2v) is 10.7. The number of Topliss-reactive ketones (excluding diaryl/α,β-unsaturated/α-hetero) is 2. The standard InChI is InChI=1S/C35H27N3O4/c1-2-20-42-24-12-9-11-23(21-24)31(39)29-30(32(40)28-16-7-8-18-36-28)38-19-17-22-10-3-4-13-25(22)33(38)35(29)26-14-5-6-15-27(26)37-34(35)41/h2-19,21,29-30,33H,1,20H2,(H,37,41)/t29-,30-,33+,35+/m0/s1. The maximum Gasteiger partial charge on any atom is 0.238 e. The Bertz CT molecular complexity index is 1780. The highest BCUT2D eigenvalue weighted by Gasteiger charge is 2.70. The van der Waals surface area contributed by atoms with Crippen molar-refractivity contribution in [2.75, 3.05) is 11.9 Å². The van der Waals surface area contributed by atoms with Gasteiger partial charge in [0, 0.05) is 23.6 Å². The molecule has 3 aliphatic heterocycles. The number of nitrogens with zero attached hydrogens (tertiary/aromatic N) is 2. The van der Waals surface area contributed by atoms with Crippen molar-refractivity contribution in [1.82, 2.24) is 9.88 Å². The fourth-order valence-electron chi connectivity index (χ4n) is 6.90. The maximum absolute atomic E-state index is 14.9. The monoisotopic (exact) mass is 553 g/mol. The molecule has 4 atom stereocenters. The summed E-state index contributed by atoms with van der Waals surface area (Å²) < 4.78 is 5.74. The number of carbonyl (C=O) groups is 3. The molecule has 7 heteroatoms. The van der Waals surface area contributed by atoms with Crippen LogP contribution < -0.4 is 10.1 Å². The van der Waals surface area contributed by atoms with Crippen LogP contribution in [0.3, 0.4) is 0 Å². The van der Waals surface area contributed by atoms with Crippen LogP contribution in [0.15, 0.2) is 116 Å². The van der Waals surface area contributed by atoms with Crippen LogP contribution in [0, 0.1) is 5.92 Å². The SMILES string of the molecule is C=CCOc1cccc(C(=O)[C@@H]2[C@@H](C(=O)c3ccccn3)N3C=Cc4ccccc4[C@@H]3[C@]23C(=O)Nc2ccccc23)c1. The normalized spacial score (nSPS) is 23.1. The predicted molar refractivity (Wildman–Crippen MR) is 159 cm³/mol. The number of para-hydroxylation sites is 1. The minimum absolute atomic E-state index is 0.234. The number of ketones is 2. The fourth-order valence-corrected chi connectivity index (χ4v) is 6.90. The van der Waals surface area contributed by atoms with Crippen LogP contribution in [0.1, 0.15) is 43.6 Å². The van der Waals surface area contributed by atoms with Gasteiger partial charge in [-0.1, -0.05) is 73.3 Å². The van der Waals surface area contributed by atoms with E-state index in [0.717, 1.165) is 11.1 Å². The highest BCUT2D eigenvalue weighted by Crippen LogP contribution is 2.62. The predicted octanol–water partition coefficient (Wildman–Crippen LogP) is 5.63. The van der Waals surface area contributed by atoms with Crippen LogP contribution in [0.25, 0.3) is 6.08 Å². The number of rotatable bonds is 7. The van der Waals surface area contributed by atoms with Gasteiger partial charge in [0.05, 0.1) is 12.0 Å². The van der Waals surface area contributed by atoms with Crippen molar-refractivity contribution in [3.63, 3.8) is 0 Å². The molecule has 7 nitrogen and oxygen atoms in total. The van der Waals surface area contributed by atoms with Crippen LogP contribution >= 0.6 is 0 Å². The molecule has 206 valence electrons. The second-order valence-electron chi connectivity index (χ2n) is 10.7. The number of benzene rings is 3. The zero-order chi connectivity index (χ0) is 28.8. The smallest absolute Gasteiger partial charge is 0.238 e. The van der Waals surface area contributed by atoms with E-state index in [1.165, 1.54) is 0 Å². The molecule has 3 aliphatic rings. The zero-order valence-electron chi connectivity index (χ0n) is 22.6. The average molecular weight is 554 g/mol. The molecule has 1 amide bonds. The Morgan fingerprint density at radius 3 is 2.62 bits per heavy atom. The number of pyridine rings is 1. The summed E-state index contributed by atoms with van der Waals surface area (Å²) in [6, 6.07) is 25.7. The molecule has 1 saturated heterocycles. The Morgan fingerprint density at radius 2 is 1.79 bits per heavy atom. The summed E-state index contributed by atoms with van der Waals surface area (Å²) in [5, 5.41) is 3.06. The number of fused-ring (bicyclic) bond motifs is 6. The fraction of sp³-hybridized carbons (Fsp3) is 0.143. The number of nitrogens with one attached hydrogen (secondary N) is 1. The van der Waals surface area contributed by atoms with E-state index in [4.69, 9.17) is 4.74 Å². The lowest BCUT2D eigenvalue weighted by Crippen LogP contribution is -2.49. The quantitative estimate of drug-likeness (QED) is 0.236. The third kappa shape index (κ3) is 3.66. The molecule has 1 N–H and O–H groups in total. The molecule has 42 heavy (non-hydrogen) atoms. The first-order valence-corrected chi connectivity index (χ1v) is 13.8. The van der Waals surface area contributed by atoms with Gasteiger partial charge in [-0.2, -0.15) is 0 Å². The summed E-state index contributed by atoms with van der Waals surface area (Å²) in [7, 11) is 0. The van der Waals surface area contributed by atoms with Gasteiger partial charge in [-0.15, -0.1) is 0 Å². The third-order valence-electron chi connectivity index (χ3n) is 8.53. The van der Waals surface area contributed by atoms with Crippen molar-refractivity contribution >= 4 is 29.2 Å². The van der Waals surface area contributed by atoms with Gasteiger partial charge in [0.25, 0.3) is 0 Å². The highest BCUT2D eigenvalue weighted by atomic mass is 16.5. The molecule has 1 fully saturated rings. The van der Waals surface area contributed by atoms with Crippen molar-refractivity contribution in [3.8, 4) is 5.75 Å². The molecule has 0 unspecified atom stereocenters. The number of amides is 1. The van der Waals surface area contributed by atoms with E-state index < -0.39 is 23.4 Å². The molecule has 0 bridgehead atoms. The number of carbonyl (C=O) groups excluding carboxylic acids is 3. The molecule has 1 spiro atoms. The topological polar surface area (TPSA) is 88.6 Å². The maximum atomic E-state index is 14.9. The summed E-state index contributed by atoms with van der Waals surface area (Å²) in [5.74, 6) is -1.53. The van der Waals surface area contributed by atoms with Crippen molar-refractivity contribution < 1.29 is 19.1 Å². The second kappa shape index (κ2) is 9.96. The van der Waals surface area contributed by atoms with Crippen LogP contribution in [0.4, 0.5) is 5.69 Å². The van der Waals surface area contributed by atoms with E-state index in [9.17, 15) is 14.4 Å². The first-order chi connectivity index (χ1) is 20.6. The number of hydrogen-bond donors (Lipinski definition) is 1. The number of anilines is 1. The number of aromatic nitrogens is 1. The van der Waals surface area contributed by atoms with Crippen LogP contribution in [-0.4, -0.2) is 40.0 Å². The molecular weight excluding hydrogens is 526 g/mol. The van der Waals surface area contributed by atoms with Gasteiger partial charge < -0.3 is 15.0 Å². The van der Waals surface area contributed by atoms with Crippen LogP contribution in [0.2, 0.25) is 0 Å². The highest BCUT2D eigenvalue weighted by molar-refractivity contribution is 6.16. The Balaban J connectivity index is 1.50. The molecule has 4 heterocycles. The van der Waals surface area contributed by atoms with E-state index in [-0.39, 0.29) is 29.8 Å². The van der Waals surface area contributed by atoms with E-state index in [1.807, 2.05) is 65.7 Å². The minimum Gasteiger partial charge on any atom is -0.490 e. The summed E-state index contributed by atoms with van der Waals surface area (Å²) >= 11 is 0. The molecule has 1 aromatic heterocycles. The molecule has 0 aliphatic carbocycles. The van der Waals surface area contributed by atoms with Gasteiger partial charge in [0.2, 0.25) is 11.7 Å². The van der Waals surface area contributed by atoms with E-state index in [2.05, 4.69) is 16.9 Å². The van der Waals surface area contributed by atoms with Crippen molar-refractivity contribution in [3.05, 3.63) is 144 Å². The van der Waals surface area contributed by atoms with Crippen LogP contribution in [0.5, 0.6) is 5.75 Å². The molecule has 3 aromatic carbocycles. The lowest BCUT2D eigenvalue weighted by molar-refractivity contribution is -0.122. The number of hydrogen-bond acceptors (Lipinski definition) is 6. The van der Waals surface area contributed by atoms with E-state index in [1.54, 1.807) is 54.7 Å². The molecule has 0 radical (unpaired) electrons. The van der Waals surface area contributed by atoms with Crippen molar-refractivity contribution in [2.45, 2.75) is 17.5 Å². The Labute approximate surface area is 243 Å². The lowest BCUT2D eigenvalue weighted by Gasteiger charge is -2.38. The largest absolute Gasteiger partial charge is 0.490 e. The van der Waals surface area contributed by atoms with Gasteiger partial charge in [0.15, 0.2) is 5.78 Å². The molecule has 0 saturated carbocycles. The van der Waals surface area contributed by atoms with Gasteiger partial charge in [-0.05, 0) is 53.1 Å². The Hall–Kier alpha value is -5.30. The van der Waals surface area contributed by atoms with Gasteiger partial charge in [0.1, 0.15) is 29.5 Å². The zero-order valence-corrected chi connectivity index (χ0v) is 22.6. The van der Waals surface area contributed by atoms with Gasteiger partial charge in [-0.3, -0.25) is 19.4 Å². The van der Waals surface area contributed by atoms with Gasteiger partial charge in [-0.25, -0.2) is 0 Å². The van der Waals surface area contributed by atoms with Crippen molar-refractivity contribution in [1.29, 1.82) is 0 Å². The first-order valence-electron chi connectivity index (χ1n) is 13.8. The summed E-state index contributed by atoms with van der Waals surface area (Å²) in [6.45, 7) is 3.98. The van der Waals surface area contributed by atoms with E-state index >= 15 is 0 Å². The molecule has 4 aromatic rings. The Morgan fingerprint density at radius 1 is 0.976 bits per heavy atom. The van der Waals surface area contributed by atoms with Crippen molar-refractivity contribution in [2.24, 2.45) is 5.92 Å². The first kappa shape index (κ1) is 25.7. The third-order valence-corrected chi connectivity index (χ3v) is 8.53. The van der Waals surface area contributed by atoms with Gasteiger partial charge >= 0.3 is 0 Å². The minimum atomic E-state index is -1.40. The summed E-state index contributed by atoms with van der Waals surface area (Å²) in [4.78, 5) is 50.1. The number of ether oxygens (including phenoxy) is 1. The van der Waals surface area contributed by atoms with E-state index in [0.29, 0.717) is 22.6 Å². The lowest BCUT2D eigenvalue weighted by atomic mass is 9.62. The molecule has 7 rings (SSSR count). The molecular formula is C35H27N3O4.